The largest absolute Gasteiger partial charge is 0.397 e. The van der Waals surface area contributed by atoms with Crippen molar-refractivity contribution in [3.8, 4) is 0 Å². The molecule has 0 radical (unpaired) electrons. The van der Waals surface area contributed by atoms with E-state index < -0.39 is 0 Å². The SMILES string of the molecule is CCNC(=O)c1ccc(NCCOC2CCCC2)c(N)c1. The quantitative estimate of drug-likeness (QED) is 0.532. The Labute approximate surface area is 126 Å². The molecule has 1 fully saturated rings. The Morgan fingerprint density at radius 1 is 1.38 bits per heavy atom. The molecule has 5 heteroatoms. The fourth-order valence-corrected chi connectivity index (χ4v) is 2.59. The summed E-state index contributed by atoms with van der Waals surface area (Å²) in [7, 11) is 0. The number of carbonyl (C=O) groups excluding carboxylic acids is 1. The van der Waals surface area contributed by atoms with Gasteiger partial charge in [0.2, 0.25) is 0 Å². The second-order valence-electron chi connectivity index (χ2n) is 5.37. The van der Waals surface area contributed by atoms with E-state index in [4.69, 9.17) is 10.5 Å². The normalized spacial score (nSPS) is 15.1. The average molecular weight is 291 g/mol. The zero-order valence-electron chi connectivity index (χ0n) is 12.7. The molecule has 4 N–H and O–H groups in total. The number of hydrogen-bond acceptors (Lipinski definition) is 4. The van der Waals surface area contributed by atoms with Crippen LogP contribution in [0.2, 0.25) is 0 Å². The summed E-state index contributed by atoms with van der Waals surface area (Å²) in [6.45, 7) is 3.90. The van der Waals surface area contributed by atoms with Crippen LogP contribution in [-0.2, 0) is 4.74 Å². The molecule has 21 heavy (non-hydrogen) atoms. The summed E-state index contributed by atoms with van der Waals surface area (Å²) in [5.74, 6) is -0.0969. The number of nitrogens with two attached hydrogens (primary N) is 1. The Morgan fingerprint density at radius 3 is 2.81 bits per heavy atom. The lowest BCUT2D eigenvalue weighted by molar-refractivity contribution is 0.0659. The standard InChI is InChI=1S/C16H25N3O2/c1-2-18-16(20)12-7-8-15(14(17)11-12)19-9-10-21-13-5-3-4-6-13/h7-8,11,13,19H,2-6,9-10,17H2,1H3,(H,18,20). The monoisotopic (exact) mass is 291 g/mol. The van der Waals surface area contributed by atoms with Crippen molar-refractivity contribution in [2.24, 2.45) is 0 Å². The zero-order valence-corrected chi connectivity index (χ0v) is 12.7. The van der Waals surface area contributed by atoms with Crippen LogP contribution in [0.1, 0.15) is 43.0 Å². The van der Waals surface area contributed by atoms with Crippen molar-refractivity contribution in [1.82, 2.24) is 5.32 Å². The van der Waals surface area contributed by atoms with E-state index in [9.17, 15) is 4.79 Å². The highest BCUT2D eigenvalue weighted by Crippen LogP contribution is 2.21. The fraction of sp³-hybridized carbons (Fsp3) is 0.562. The predicted octanol–water partition coefficient (Wildman–Crippen LogP) is 2.39. The molecule has 1 amide bonds. The third-order valence-electron chi connectivity index (χ3n) is 3.72. The molecule has 0 bridgehead atoms. The van der Waals surface area contributed by atoms with Gasteiger partial charge in [-0.3, -0.25) is 4.79 Å². The molecule has 2 rings (SSSR count). The smallest absolute Gasteiger partial charge is 0.251 e. The van der Waals surface area contributed by atoms with Gasteiger partial charge in [-0.1, -0.05) is 12.8 Å². The van der Waals surface area contributed by atoms with Crippen molar-refractivity contribution in [3.63, 3.8) is 0 Å². The topological polar surface area (TPSA) is 76.4 Å². The van der Waals surface area contributed by atoms with Gasteiger partial charge in [-0.05, 0) is 38.0 Å². The summed E-state index contributed by atoms with van der Waals surface area (Å²) < 4.78 is 5.79. The Morgan fingerprint density at radius 2 is 2.14 bits per heavy atom. The van der Waals surface area contributed by atoms with Crippen molar-refractivity contribution in [1.29, 1.82) is 0 Å². The highest BCUT2D eigenvalue weighted by atomic mass is 16.5. The molecule has 0 unspecified atom stereocenters. The van der Waals surface area contributed by atoms with Gasteiger partial charge in [0, 0.05) is 18.7 Å². The molecule has 0 heterocycles. The summed E-state index contributed by atoms with van der Waals surface area (Å²) in [6, 6.07) is 5.32. The predicted molar refractivity (Wildman–Crippen MR) is 85.6 cm³/mol. The highest BCUT2D eigenvalue weighted by Gasteiger charge is 2.14. The third-order valence-corrected chi connectivity index (χ3v) is 3.72. The summed E-state index contributed by atoms with van der Waals surface area (Å²) in [5, 5.41) is 6.01. The maximum absolute atomic E-state index is 11.7. The van der Waals surface area contributed by atoms with Gasteiger partial charge in [-0.15, -0.1) is 0 Å². The van der Waals surface area contributed by atoms with Gasteiger partial charge < -0.3 is 21.1 Å². The van der Waals surface area contributed by atoms with Gasteiger partial charge in [0.05, 0.1) is 24.1 Å². The first-order valence-electron chi connectivity index (χ1n) is 7.74. The lowest BCUT2D eigenvalue weighted by Gasteiger charge is -2.13. The van der Waals surface area contributed by atoms with Crippen LogP contribution in [0.15, 0.2) is 18.2 Å². The Balaban J connectivity index is 1.78. The van der Waals surface area contributed by atoms with Crippen molar-refractivity contribution >= 4 is 17.3 Å². The minimum absolute atomic E-state index is 0.0969. The molecular weight excluding hydrogens is 266 g/mol. The number of anilines is 2. The van der Waals surface area contributed by atoms with Gasteiger partial charge in [0.15, 0.2) is 0 Å². The van der Waals surface area contributed by atoms with Gasteiger partial charge in [-0.2, -0.15) is 0 Å². The summed E-state index contributed by atoms with van der Waals surface area (Å²) in [6.07, 6.45) is 5.37. The van der Waals surface area contributed by atoms with Crippen LogP contribution in [-0.4, -0.2) is 31.7 Å². The molecule has 0 aromatic heterocycles. The van der Waals surface area contributed by atoms with Gasteiger partial charge in [-0.25, -0.2) is 0 Å². The van der Waals surface area contributed by atoms with Crippen molar-refractivity contribution in [3.05, 3.63) is 23.8 Å². The molecule has 1 aliphatic rings. The number of ether oxygens (including phenoxy) is 1. The number of hydrogen-bond donors (Lipinski definition) is 3. The molecule has 1 aliphatic carbocycles. The Bertz CT molecular complexity index is 471. The maximum atomic E-state index is 11.7. The number of nitrogen functional groups attached to an aromatic ring is 1. The Hall–Kier alpha value is -1.75. The van der Waals surface area contributed by atoms with E-state index in [0.717, 1.165) is 12.2 Å². The molecule has 0 spiro atoms. The van der Waals surface area contributed by atoms with Crippen LogP contribution in [0.3, 0.4) is 0 Å². The molecule has 1 aromatic rings. The molecule has 0 saturated heterocycles. The molecule has 0 atom stereocenters. The second kappa shape index (κ2) is 7.88. The minimum Gasteiger partial charge on any atom is -0.397 e. The van der Waals surface area contributed by atoms with E-state index in [0.29, 0.717) is 30.5 Å². The summed E-state index contributed by atoms with van der Waals surface area (Å²) >= 11 is 0. The Kier molecular flexibility index (Phi) is 5.87. The van der Waals surface area contributed by atoms with Gasteiger partial charge in [0.1, 0.15) is 0 Å². The van der Waals surface area contributed by atoms with Crippen LogP contribution >= 0.6 is 0 Å². The maximum Gasteiger partial charge on any atom is 0.251 e. The van der Waals surface area contributed by atoms with Crippen molar-refractivity contribution in [2.75, 3.05) is 30.7 Å². The number of nitrogens with one attached hydrogen (secondary N) is 2. The van der Waals surface area contributed by atoms with Gasteiger partial charge in [0.25, 0.3) is 5.91 Å². The number of rotatable bonds is 7. The third kappa shape index (κ3) is 4.63. The van der Waals surface area contributed by atoms with E-state index >= 15 is 0 Å². The minimum atomic E-state index is -0.0969. The number of amides is 1. The van der Waals surface area contributed by atoms with Gasteiger partial charge >= 0.3 is 0 Å². The molecule has 1 aromatic carbocycles. The second-order valence-corrected chi connectivity index (χ2v) is 5.37. The first-order chi connectivity index (χ1) is 10.2. The molecule has 116 valence electrons. The van der Waals surface area contributed by atoms with E-state index in [1.54, 1.807) is 12.1 Å². The summed E-state index contributed by atoms with van der Waals surface area (Å²) in [5.41, 5.74) is 7.99. The van der Waals surface area contributed by atoms with Crippen molar-refractivity contribution < 1.29 is 9.53 Å². The van der Waals surface area contributed by atoms with Crippen LogP contribution in [0, 0.1) is 0 Å². The first kappa shape index (κ1) is 15.6. The summed E-state index contributed by atoms with van der Waals surface area (Å²) in [4.78, 5) is 11.7. The van der Waals surface area contributed by atoms with Crippen LogP contribution < -0.4 is 16.4 Å². The highest BCUT2D eigenvalue weighted by molar-refractivity contribution is 5.96. The lowest BCUT2D eigenvalue weighted by Crippen LogP contribution is -2.22. The van der Waals surface area contributed by atoms with Crippen LogP contribution in [0.4, 0.5) is 11.4 Å². The number of carbonyl (C=O) groups is 1. The van der Waals surface area contributed by atoms with Crippen LogP contribution in [0.25, 0.3) is 0 Å². The average Bonchev–Trinajstić information content (AvgIpc) is 2.98. The van der Waals surface area contributed by atoms with E-state index in [-0.39, 0.29) is 5.91 Å². The van der Waals surface area contributed by atoms with E-state index in [1.165, 1.54) is 25.7 Å². The van der Waals surface area contributed by atoms with E-state index in [1.807, 2.05) is 13.0 Å². The molecule has 1 saturated carbocycles. The zero-order chi connectivity index (χ0) is 15.1. The van der Waals surface area contributed by atoms with E-state index in [2.05, 4.69) is 10.6 Å². The molecule has 0 aliphatic heterocycles. The number of benzene rings is 1. The first-order valence-corrected chi connectivity index (χ1v) is 7.74. The fourth-order valence-electron chi connectivity index (χ4n) is 2.59. The van der Waals surface area contributed by atoms with Crippen molar-refractivity contribution in [2.45, 2.75) is 38.7 Å². The van der Waals surface area contributed by atoms with Crippen LogP contribution in [0.5, 0.6) is 0 Å². The molecule has 5 nitrogen and oxygen atoms in total. The molecular formula is C16H25N3O2. The lowest BCUT2D eigenvalue weighted by atomic mass is 10.1.